The predicted octanol–water partition coefficient (Wildman–Crippen LogP) is 5.73. The lowest BCUT2D eigenvalue weighted by atomic mass is 10.0. The van der Waals surface area contributed by atoms with Gasteiger partial charge in [0.15, 0.2) is 0 Å². The maximum atomic E-state index is 9.58. The Bertz CT molecular complexity index is 321. The fraction of sp³-hybridized carbons (Fsp3) is 0.684. The van der Waals surface area contributed by atoms with Crippen molar-refractivity contribution in [2.24, 2.45) is 0 Å². The van der Waals surface area contributed by atoms with Gasteiger partial charge < -0.3 is 9.84 Å². The van der Waals surface area contributed by atoms with Crippen LogP contribution in [0.1, 0.15) is 71.3 Å². The molecule has 21 heavy (non-hydrogen) atoms. The number of unbranched alkanes of at least 4 members (excludes halogenated alkanes) is 6. The number of para-hydroxylation sites is 1. The normalized spacial score (nSPS) is 10.0. The molecule has 0 unspecified atom stereocenters. The lowest BCUT2D eigenvalue weighted by Crippen LogP contribution is -1.87. The van der Waals surface area contributed by atoms with Crippen molar-refractivity contribution in [3.8, 4) is 5.75 Å². The van der Waals surface area contributed by atoms with E-state index in [1.165, 1.54) is 44.9 Å². The van der Waals surface area contributed by atoms with Crippen LogP contribution in [0.5, 0.6) is 5.75 Å². The maximum Gasteiger partial charge on any atom is 0.118 e. The molecule has 0 radical (unpaired) electrons. The SMILES string of the molecule is CCCCCCCCCc1ccccc1O.CCOCC. The fourth-order valence-electron chi connectivity index (χ4n) is 2.20. The zero-order valence-corrected chi connectivity index (χ0v) is 14.2. The van der Waals surface area contributed by atoms with Crippen LogP contribution in [0, 0.1) is 0 Å². The van der Waals surface area contributed by atoms with Gasteiger partial charge in [0.25, 0.3) is 0 Å². The van der Waals surface area contributed by atoms with Crippen LogP contribution in [0.15, 0.2) is 24.3 Å². The smallest absolute Gasteiger partial charge is 0.118 e. The summed E-state index contributed by atoms with van der Waals surface area (Å²) in [5.41, 5.74) is 1.09. The first-order valence-corrected chi connectivity index (χ1v) is 8.60. The minimum Gasteiger partial charge on any atom is -0.508 e. The zero-order chi connectivity index (χ0) is 15.8. The Balaban J connectivity index is 0.000000690. The second kappa shape index (κ2) is 15.4. The summed E-state index contributed by atoms with van der Waals surface area (Å²) < 4.78 is 4.83. The highest BCUT2D eigenvalue weighted by Gasteiger charge is 1.98. The molecule has 0 saturated heterocycles. The third-order valence-corrected chi connectivity index (χ3v) is 3.45. The lowest BCUT2D eigenvalue weighted by molar-refractivity contribution is 0.162. The second-order valence-electron chi connectivity index (χ2n) is 5.28. The number of rotatable bonds is 10. The molecular weight excluding hydrogens is 260 g/mol. The number of phenols is 1. The molecule has 0 aliphatic rings. The quantitative estimate of drug-likeness (QED) is 0.558. The molecule has 0 atom stereocenters. The number of hydrogen-bond donors (Lipinski definition) is 1. The van der Waals surface area contributed by atoms with Gasteiger partial charge in [-0.3, -0.25) is 0 Å². The van der Waals surface area contributed by atoms with E-state index in [0.29, 0.717) is 5.75 Å². The molecule has 2 nitrogen and oxygen atoms in total. The van der Waals surface area contributed by atoms with Gasteiger partial charge in [0.1, 0.15) is 5.75 Å². The molecule has 0 fully saturated rings. The Morgan fingerprint density at radius 2 is 1.38 bits per heavy atom. The van der Waals surface area contributed by atoms with Crippen LogP contribution in [0.4, 0.5) is 0 Å². The van der Waals surface area contributed by atoms with Gasteiger partial charge in [-0.05, 0) is 38.3 Å². The van der Waals surface area contributed by atoms with Gasteiger partial charge >= 0.3 is 0 Å². The molecule has 1 N–H and O–H groups in total. The van der Waals surface area contributed by atoms with E-state index in [-0.39, 0.29) is 0 Å². The summed E-state index contributed by atoms with van der Waals surface area (Å²) in [6, 6.07) is 7.67. The van der Waals surface area contributed by atoms with Crippen LogP contribution in [0.3, 0.4) is 0 Å². The summed E-state index contributed by atoms with van der Waals surface area (Å²) in [6.07, 6.45) is 10.3. The van der Waals surface area contributed by atoms with Crippen LogP contribution >= 0.6 is 0 Å². The molecule has 0 spiro atoms. The molecular formula is C19H34O2. The molecule has 0 bridgehead atoms. The number of aryl methyl sites for hydroxylation is 1. The van der Waals surface area contributed by atoms with E-state index < -0.39 is 0 Å². The number of benzene rings is 1. The van der Waals surface area contributed by atoms with Crippen molar-refractivity contribution < 1.29 is 9.84 Å². The third kappa shape index (κ3) is 12.4. The van der Waals surface area contributed by atoms with Gasteiger partial charge in [-0.1, -0.05) is 63.6 Å². The van der Waals surface area contributed by atoms with E-state index in [4.69, 9.17) is 4.74 Å². The second-order valence-corrected chi connectivity index (χ2v) is 5.28. The predicted molar refractivity (Wildman–Crippen MR) is 92.0 cm³/mol. The van der Waals surface area contributed by atoms with Crippen molar-refractivity contribution in [2.45, 2.75) is 72.1 Å². The number of hydrogen-bond acceptors (Lipinski definition) is 2. The van der Waals surface area contributed by atoms with Crippen LogP contribution in [0.2, 0.25) is 0 Å². The Kier molecular flexibility index (Phi) is 14.6. The summed E-state index contributed by atoms with van der Waals surface area (Å²) in [7, 11) is 0. The summed E-state index contributed by atoms with van der Waals surface area (Å²) in [4.78, 5) is 0. The monoisotopic (exact) mass is 294 g/mol. The molecule has 0 heterocycles. The molecule has 0 amide bonds. The topological polar surface area (TPSA) is 29.5 Å². The first-order chi connectivity index (χ1) is 10.3. The van der Waals surface area contributed by atoms with Gasteiger partial charge in [-0.25, -0.2) is 0 Å². The standard InChI is InChI=1S/C15H24O.C4H10O/c1-2-3-4-5-6-7-8-11-14-12-9-10-13-15(14)16;1-3-5-4-2/h9-10,12-13,16H,2-8,11H2,1H3;3-4H2,1-2H3. The summed E-state index contributed by atoms with van der Waals surface area (Å²) >= 11 is 0. The Labute approximate surface area is 131 Å². The Morgan fingerprint density at radius 3 is 1.90 bits per heavy atom. The molecule has 2 heteroatoms. The van der Waals surface area contributed by atoms with E-state index in [9.17, 15) is 5.11 Å². The van der Waals surface area contributed by atoms with Crippen molar-refractivity contribution in [1.82, 2.24) is 0 Å². The largest absolute Gasteiger partial charge is 0.508 e. The lowest BCUT2D eigenvalue weighted by Gasteiger charge is -2.04. The highest BCUT2D eigenvalue weighted by Crippen LogP contribution is 2.18. The Morgan fingerprint density at radius 1 is 0.810 bits per heavy atom. The third-order valence-electron chi connectivity index (χ3n) is 3.45. The fourth-order valence-corrected chi connectivity index (χ4v) is 2.20. The molecule has 1 rings (SSSR count). The van der Waals surface area contributed by atoms with Crippen LogP contribution in [-0.2, 0) is 11.2 Å². The molecule has 0 aliphatic heterocycles. The highest BCUT2D eigenvalue weighted by molar-refractivity contribution is 5.31. The number of aromatic hydroxyl groups is 1. The van der Waals surface area contributed by atoms with Gasteiger partial charge in [-0.2, -0.15) is 0 Å². The van der Waals surface area contributed by atoms with Gasteiger partial charge in [-0.15, -0.1) is 0 Å². The van der Waals surface area contributed by atoms with Crippen molar-refractivity contribution in [2.75, 3.05) is 13.2 Å². The first kappa shape index (κ1) is 20.0. The van der Waals surface area contributed by atoms with Crippen molar-refractivity contribution in [1.29, 1.82) is 0 Å². The van der Waals surface area contributed by atoms with E-state index >= 15 is 0 Å². The first-order valence-electron chi connectivity index (χ1n) is 8.60. The molecule has 0 aliphatic carbocycles. The minimum atomic E-state index is 0.452. The van der Waals surface area contributed by atoms with E-state index in [2.05, 4.69) is 6.92 Å². The Hall–Kier alpha value is -1.02. The number of ether oxygens (including phenoxy) is 1. The maximum absolute atomic E-state index is 9.58. The van der Waals surface area contributed by atoms with E-state index in [1.54, 1.807) is 6.07 Å². The highest BCUT2D eigenvalue weighted by atomic mass is 16.5. The summed E-state index contributed by atoms with van der Waals surface area (Å²) in [6.45, 7) is 7.91. The van der Waals surface area contributed by atoms with Crippen molar-refractivity contribution in [3.63, 3.8) is 0 Å². The average Bonchev–Trinajstić information content (AvgIpc) is 2.49. The summed E-state index contributed by atoms with van der Waals surface area (Å²) in [5, 5.41) is 9.58. The van der Waals surface area contributed by atoms with Crippen molar-refractivity contribution >= 4 is 0 Å². The molecule has 0 aromatic heterocycles. The van der Waals surface area contributed by atoms with E-state index in [0.717, 1.165) is 25.2 Å². The molecule has 122 valence electrons. The molecule has 1 aromatic carbocycles. The van der Waals surface area contributed by atoms with Gasteiger partial charge in [0, 0.05) is 13.2 Å². The van der Waals surface area contributed by atoms with Gasteiger partial charge in [0.05, 0.1) is 0 Å². The minimum absolute atomic E-state index is 0.452. The zero-order valence-electron chi connectivity index (χ0n) is 14.2. The summed E-state index contributed by atoms with van der Waals surface area (Å²) in [5.74, 6) is 0.452. The van der Waals surface area contributed by atoms with Crippen LogP contribution in [0.25, 0.3) is 0 Å². The van der Waals surface area contributed by atoms with E-state index in [1.807, 2.05) is 32.0 Å². The van der Waals surface area contributed by atoms with Crippen LogP contribution < -0.4 is 0 Å². The van der Waals surface area contributed by atoms with Crippen LogP contribution in [-0.4, -0.2) is 18.3 Å². The van der Waals surface area contributed by atoms with Gasteiger partial charge in [0.2, 0.25) is 0 Å². The number of phenolic OH excluding ortho intramolecular Hbond substituents is 1. The van der Waals surface area contributed by atoms with Crippen molar-refractivity contribution in [3.05, 3.63) is 29.8 Å². The average molecular weight is 294 g/mol. The molecule has 0 saturated carbocycles. The molecule has 1 aromatic rings.